The third-order valence-electron chi connectivity index (χ3n) is 5.68. The van der Waals surface area contributed by atoms with E-state index in [1.807, 2.05) is 24.3 Å². The zero-order valence-electron chi connectivity index (χ0n) is 17.1. The highest BCUT2D eigenvalue weighted by Gasteiger charge is 2.29. The van der Waals surface area contributed by atoms with Crippen molar-refractivity contribution in [3.63, 3.8) is 0 Å². The van der Waals surface area contributed by atoms with Crippen molar-refractivity contribution >= 4 is 22.6 Å². The highest BCUT2D eigenvalue weighted by Crippen LogP contribution is 2.38. The Hall–Kier alpha value is -3.95. The van der Waals surface area contributed by atoms with Gasteiger partial charge in [0, 0.05) is 26.3 Å². The molecule has 3 heterocycles. The number of anilines is 1. The topological polar surface area (TPSA) is 120 Å². The molecule has 2 N–H and O–H groups in total. The van der Waals surface area contributed by atoms with E-state index >= 15 is 0 Å². The molecule has 3 aromatic heterocycles. The number of para-hydroxylation sites is 2. The number of fused-ring (bicyclic) bond motifs is 1. The predicted molar refractivity (Wildman–Crippen MR) is 114 cm³/mol. The van der Waals surface area contributed by atoms with Crippen molar-refractivity contribution in [2.24, 2.45) is 14.1 Å². The van der Waals surface area contributed by atoms with E-state index in [1.54, 1.807) is 13.2 Å². The largest absolute Gasteiger partial charge is 0.501 e. The summed E-state index contributed by atoms with van der Waals surface area (Å²) in [7, 11) is 3.23. The van der Waals surface area contributed by atoms with Crippen molar-refractivity contribution in [1.82, 2.24) is 28.9 Å². The molecular formula is C21H21N7O3. The lowest BCUT2D eigenvalue weighted by Crippen LogP contribution is -2.27. The van der Waals surface area contributed by atoms with Gasteiger partial charge in [-0.15, -0.1) is 0 Å². The normalized spacial score (nSPS) is 14.0. The van der Waals surface area contributed by atoms with Crippen LogP contribution in [0.3, 0.4) is 0 Å². The summed E-state index contributed by atoms with van der Waals surface area (Å²) in [5, 5.41) is 17.0. The Balaban J connectivity index is 1.67. The van der Waals surface area contributed by atoms with Crippen LogP contribution in [0.15, 0.2) is 41.5 Å². The molecule has 0 radical (unpaired) electrons. The molecule has 158 valence electrons. The number of hydrogen-bond donors (Lipinski definition) is 2. The molecule has 1 fully saturated rings. The molecular weight excluding hydrogens is 398 g/mol. The van der Waals surface area contributed by atoms with Crippen LogP contribution in [-0.2, 0) is 14.1 Å². The van der Waals surface area contributed by atoms with Gasteiger partial charge in [0.25, 0.3) is 11.5 Å². The summed E-state index contributed by atoms with van der Waals surface area (Å²) in [6.07, 6.45) is 6.21. The zero-order valence-corrected chi connectivity index (χ0v) is 17.1. The number of nitrogens with zero attached hydrogens (tertiary/aromatic N) is 6. The van der Waals surface area contributed by atoms with Crippen molar-refractivity contribution < 1.29 is 9.90 Å². The maximum absolute atomic E-state index is 12.8. The number of aromatic hydroxyl groups is 1. The van der Waals surface area contributed by atoms with E-state index in [0.717, 1.165) is 30.3 Å². The van der Waals surface area contributed by atoms with Gasteiger partial charge in [-0.3, -0.25) is 18.8 Å². The Morgan fingerprint density at radius 3 is 2.61 bits per heavy atom. The van der Waals surface area contributed by atoms with Crippen molar-refractivity contribution in [1.29, 1.82) is 0 Å². The second kappa shape index (κ2) is 7.08. The molecule has 0 bridgehead atoms. The number of imidazole rings is 1. The zero-order chi connectivity index (χ0) is 21.7. The summed E-state index contributed by atoms with van der Waals surface area (Å²) < 4.78 is 4.84. The number of carbonyl (C=O) groups is 1. The number of rotatable bonds is 4. The average Bonchev–Trinajstić information content (AvgIpc) is 3.29. The van der Waals surface area contributed by atoms with E-state index in [4.69, 9.17) is 4.98 Å². The third-order valence-corrected chi connectivity index (χ3v) is 5.68. The Bertz CT molecular complexity index is 1380. The number of aromatic nitrogens is 6. The summed E-state index contributed by atoms with van der Waals surface area (Å²) in [6, 6.07) is 7.99. The van der Waals surface area contributed by atoms with Crippen LogP contribution in [0.1, 0.15) is 35.8 Å². The summed E-state index contributed by atoms with van der Waals surface area (Å²) in [5.41, 5.74) is 1.10. The van der Waals surface area contributed by atoms with Crippen molar-refractivity contribution in [3.8, 4) is 17.4 Å². The molecule has 31 heavy (non-hydrogen) atoms. The number of benzene rings is 1. The van der Waals surface area contributed by atoms with E-state index in [0.29, 0.717) is 11.5 Å². The number of nitrogens with one attached hydrogen (secondary N) is 1. The maximum Gasteiger partial charge on any atom is 0.296 e. The Labute approximate surface area is 176 Å². The first kappa shape index (κ1) is 19.0. The summed E-state index contributed by atoms with van der Waals surface area (Å²) in [5.74, 6) is -0.683. The van der Waals surface area contributed by atoms with Gasteiger partial charge >= 0.3 is 0 Å². The van der Waals surface area contributed by atoms with E-state index in [-0.39, 0.29) is 17.6 Å². The molecule has 1 amide bonds. The smallest absolute Gasteiger partial charge is 0.296 e. The van der Waals surface area contributed by atoms with E-state index < -0.39 is 17.2 Å². The first-order valence-corrected chi connectivity index (χ1v) is 10.0. The van der Waals surface area contributed by atoms with Gasteiger partial charge < -0.3 is 15.0 Å². The number of carbonyl (C=O) groups excluding carboxylic acids is 1. The summed E-state index contributed by atoms with van der Waals surface area (Å²) in [4.78, 5) is 34.7. The van der Waals surface area contributed by atoms with Crippen LogP contribution < -0.4 is 10.9 Å². The van der Waals surface area contributed by atoms with Crippen LogP contribution in [0.25, 0.3) is 22.7 Å². The van der Waals surface area contributed by atoms with Gasteiger partial charge in [-0.05, 0) is 31.4 Å². The lowest BCUT2D eigenvalue weighted by atomic mass is 9.92. The van der Waals surface area contributed by atoms with Gasteiger partial charge in [0.2, 0.25) is 5.75 Å². The van der Waals surface area contributed by atoms with Crippen molar-refractivity contribution in [2.75, 3.05) is 5.32 Å². The first-order chi connectivity index (χ1) is 14.9. The lowest BCUT2D eigenvalue weighted by molar-refractivity contribution is 0.101. The minimum Gasteiger partial charge on any atom is -0.501 e. The van der Waals surface area contributed by atoms with Gasteiger partial charge in [-0.1, -0.05) is 12.1 Å². The minimum atomic E-state index is -0.714. The van der Waals surface area contributed by atoms with E-state index in [9.17, 15) is 14.7 Å². The van der Waals surface area contributed by atoms with Crippen LogP contribution >= 0.6 is 0 Å². The summed E-state index contributed by atoms with van der Waals surface area (Å²) in [6.45, 7) is 0. The molecule has 1 aromatic carbocycles. The van der Waals surface area contributed by atoms with E-state index in [1.165, 1.54) is 22.5 Å². The molecule has 10 heteroatoms. The van der Waals surface area contributed by atoms with Crippen LogP contribution in [-0.4, -0.2) is 39.9 Å². The Morgan fingerprint density at radius 1 is 1.16 bits per heavy atom. The van der Waals surface area contributed by atoms with Gasteiger partial charge in [0.15, 0.2) is 17.3 Å². The molecule has 1 saturated carbocycles. The predicted octanol–water partition coefficient (Wildman–Crippen LogP) is 2.21. The van der Waals surface area contributed by atoms with Gasteiger partial charge in [-0.25, -0.2) is 9.97 Å². The van der Waals surface area contributed by atoms with Crippen LogP contribution in [0, 0.1) is 0 Å². The molecule has 0 aliphatic heterocycles. The molecule has 1 aliphatic carbocycles. The maximum atomic E-state index is 12.8. The quantitative estimate of drug-likeness (QED) is 0.523. The number of hydrogen-bond acceptors (Lipinski definition) is 6. The molecule has 10 nitrogen and oxygen atoms in total. The summed E-state index contributed by atoms with van der Waals surface area (Å²) >= 11 is 0. The molecule has 1 aliphatic rings. The molecule has 0 spiro atoms. The standard InChI is InChI=1S/C21H21N7O3/c1-26-11-12(10-22-26)23-20(30)16-17(29)21(31)27(2)18(25-16)19-24-14-8-3-4-9-15(14)28(19)13-6-5-7-13/h3-4,8-11,13,29H,5-7H2,1-2H3,(H,23,30). The van der Waals surface area contributed by atoms with Crippen LogP contribution in [0.2, 0.25) is 0 Å². The molecule has 4 aromatic rings. The van der Waals surface area contributed by atoms with E-state index in [2.05, 4.69) is 20.0 Å². The number of amides is 1. The third kappa shape index (κ3) is 3.07. The monoisotopic (exact) mass is 419 g/mol. The van der Waals surface area contributed by atoms with Gasteiger partial charge in [-0.2, -0.15) is 5.10 Å². The van der Waals surface area contributed by atoms with Crippen molar-refractivity contribution in [2.45, 2.75) is 25.3 Å². The van der Waals surface area contributed by atoms with Gasteiger partial charge in [0.05, 0.1) is 22.9 Å². The fourth-order valence-electron chi connectivity index (χ4n) is 3.84. The van der Waals surface area contributed by atoms with Crippen LogP contribution in [0.4, 0.5) is 5.69 Å². The molecule has 5 rings (SSSR count). The highest BCUT2D eigenvalue weighted by molar-refractivity contribution is 6.04. The SMILES string of the molecule is Cn1cc(NC(=O)c2nc(-c3nc4ccccc4n3C3CCC3)n(C)c(=O)c2O)cn1. The molecule has 0 saturated heterocycles. The highest BCUT2D eigenvalue weighted by atomic mass is 16.3. The Morgan fingerprint density at radius 2 is 1.94 bits per heavy atom. The molecule has 0 atom stereocenters. The second-order valence-corrected chi connectivity index (χ2v) is 7.73. The number of aryl methyl sites for hydroxylation is 1. The second-order valence-electron chi connectivity index (χ2n) is 7.73. The van der Waals surface area contributed by atoms with Crippen LogP contribution in [0.5, 0.6) is 5.75 Å². The average molecular weight is 419 g/mol. The minimum absolute atomic E-state index is 0.224. The fraction of sp³-hybridized carbons (Fsp3) is 0.286. The first-order valence-electron chi connectivity index (χ1n) is 10.0. The fourth-order valence-corrected chi connectivity index (χ4v) is 3.84. The van der Waals surface area contributed by atoms with Crippen molar-refractivity contribution in [3.05, 3.63) is 52.7 Å². The lowest BCUT2D eigenvalue weighted by Gasteiger charge is -2.29. The van der Waals surface area contributed by atoms with Gasteiger partial charge in [0.1, 0.15) is 0 Å². The Kier molecular flexibility index (Phi) is 4.35. The molecule has 0 unspecified atom stereocenters.